The van der Waals surface area contributed by atoms with Gasteiger partial charge in [-0.05, 0) is 48.2 Å². The van der Waals surface area contributed by atoms with Crippen LogP contribution in [0.2, 0.25) is 0 Å². The Bertz CT molecular complexity index is 879. The predicted octanol–water partition coefficient (Wildman–Crippen LogP) is 6.22. The van der Waals surface area contributed by atoms with Crippen molar-refractivity contribution in [2.45, 2.75) is 96.4 Å². The third-order valence-electron chi connectivity index (χ3n) is 6.32. The van der Waals surface area contributed by atoms with Crippen LogP contribution in [0.3, 0.4) is 0 Å². The lowest BCUT2D eigenvalue weighted by atomic mass is 10.0. The lowest BCUT2D eigenvalue weighted by Crippen LogP contribution is -2.43. The minimum Gasteiger partial charge on any atom is -0.508 e. The highest BCUT2D eigenvalue weighted by atomic mass is 16.5. The number of benzene rings is 2. The van der Waals surface area contributed by atoms with E-state index >= 15 is 0 Å². The van der Waals surface area contributed by atoms with Crippen LogP contribution in [0.4, 0.5) is 0 Å². The molecule has 0 heterocycles. The molecular weight excluding hydrogens is 454 g/mol. The summed E-state index contributed by atoms with van der Waals surface area (Å²) in [4.78, 5) is 25.4. The molecule has 1 unspecified atom stereocenters. The Morgan fingerprint density at radius 3 is 1.81 bits per heavy atom. The van der Waals surface area contributed by atoms with Crippen LogP contribution >= 0.6 is 0 Å². The van der Waals surface area contributed by atoms with Crippen LogP contribution in [-0.4, -0.2) is 34.7 Å². The fourth-order valence-corrected chi connectivity index (χ4v) is 4.11. The Balaban J connectivity index is 1.75. The minimum atomic E-state index is -0.787. The summed E-state index contributed by atoms with van der Waals surface area (Å²) in [5, 5.41) is 21.8. The van der Waals surface area contributed by atoms with Crippen LogP contribution < -0.4 is 5.32 Å². The van der Waals surface area contributed by atoms with E-state index in [1.807, 2.05) is 0 Å². The van der Waals surface area contributed by atoms with Crippen LogP contribution in [0, 0.1) is 0 Å². The highest BCUT2D eigenvalue weighted by molar-refractivity contribution is 5.84. The molecule has 0 spiro atoms. The summed E-state index contributed by atoms with van der Waals surface area (Å²) in [6.45, 7) is 2.58. The lowest BCUT2D eigenvalue weighted by Gasteiger charge is -2.18. The van der Waals surface area contributed by atoms with Crippen molar-refractivity contribution in [3.63, 3.8) is 0 Å². The lowest BCUT2D eigenvalue weighted by molar-refractivity contribution is -0.148. The summed E-state index contributed by atoms with van der Waals surface area (Å²) in [7, 11) is 0. The van der Waals surface area contributed by atoms with E-state index in [2.05, 4.69) is 12.2 Å². The summed E-state index contributed by atoms with van der Waals surface area (Å²) in [6.07, 6.45) is 13.1. The van der Waals surface area contributed by atoms with Gasteiger partial charge in [0.25, 0.3) is 0 Å². The Morgan fingerprint density at radius 1 is 0.750 bits per heavy atom. The molecule has 0 saturated heterocycles. The molecule has 1 amide bonds. The number of esters is 1. The maximum absolute atomic E-state index is 12.8. The summed E-state index contributed by atoms with van der Waals surface area (Å²) in [5.74, 6) is -0.334. The van der Waals surface area contributed by atoms with Gasteiger partial charge in [-0.15, -0.1) is 0 Å². The second kappa shape index (κ2) is 17.4. The summed E-state index contributed by atoms with van der Waals surface area (Å²) >= 11 is 0. The van der Waals surface area contributed by atoms with Gasteiger partial charge >= 0.3 is 5.97 Å². The number of amides is 1. The monoisotopic (exact) mass is 497 g/mol. The molecule has 3 N–H and O–H groups in total. The summed E-state index contributed by atoms with van der Waals surface area (Å²) in [5.41, 5.74) is 1.76. The fourth-order valence-electron chi connectivity index (χ4n) is 4.11. The number of ether oxygens (including phenoxy) is 1. The normalized spacial score (nSPS) is 11.7. The second-order valence-corrected chi connectivity index (χ2v) is 9.51. The molecule has 2 aromatic rings. The topological polar surface area (TPSA) is 95.9 Å². The van der Waals surface area contributed by atoms with Gasteiger partial charge in [-0.1, -0.05) is 89.0 Å². The van der Waals surface area contributed by atoms with Crippen LogP contribution in [0.1, 0.15) is 88.7 Å². The zero-order valence-corrected chi connectivity index (χ0v) is 21.7. The second-order valence-electron chi connectivity index (χ2n) is 9.51. The van der Waals surface area contributed by atoms with E-state index in [9.17, 15) is 19.8 Å². The zero-order chi connectivity index (χ0) is 26.0. The van der Waals surface area contributed by atoms with Crippen molar-refractivity contribution in [2.24, 2.45) is 0 Å². The number of rotatable bonds is 18. The number of unbranched alkanes of at least 4 members (excludes halogenated alkanes) is 9. The van der Waals surface area contributed by atoms with Crippen LogP contribution in [0.5, 0.6) is 11.5 Å². The number of carbonyl (C=O) groups is 2. The molecule has 0 bridgehead atoms. The van der Waals surface area contributed by atoms with E-state index in [4.69, 9.17) is 4.74 Å². The molecule has 198 valence electrons. The van der Waals surface area contributed by atoms with Crippen molar-refractivity contribution in [2.75, 3.05) is 6.61 Å². The first kappa shape index (κ1) is 29.2. The van der Waals surface area contributed by atoms with E-state index in [0.29, 0.717) is 19.4 Å². The summed E-state index contributed by atoms with van der Waals surface area (Å²) < 4.78 is 5.52. The Hall–Kier alpha value is -3.02. The Morgan fingerprint density at radius 2 is 1.25 bits per heavy atom. The fraction of sp³-hybridized carbons (Fsp3) is 0.533. The van der Waals surface area contributed by atoms with E-state index in [0.717, 1.165) is 30.4 Å². The van der Waals surface area contributed by atoms with Crippen molar-refractivity contribution in [1.29, 1.82) is 0 Å². The molecule has 0 radical (unpaired) electrons. The Labute approximate surface area is 216 Å². The molecule has 2 rings (SSSR count). The number of aryl methyl sites for hydroxylation is 1. The third-order valence-corrected chi connectivity index (χ3v) is 6.32. The number of carbonyl (C=O) groups excluding carboxylic acids is 2. The SMILES string of the molecule is CCCCCCCCCCCCOC(=O)C(Cc1ccc(O)cc1)NC(=O)CCc1ccc(O)cc1. The highest BCUT2D eigenvalue weighted by Gasteiger charge is 2.22. The number of phenols is 2. The van der Waals surface area contributed by atoms with Crippen LogP contribution in [-0.2, 0) is 27.2 Å². The standard InChI is InChI=1S/C30H43NO5/c1-2-3-4-5-6-7-8-9-10-11-22-36-30(35)28(23-25-14-19-27(33)20-15-25)31-29(34)21-16-24-12-17-26(32)18-13-24/h12-15,17-20,28,32-33H,2-11,16,21-23H2,1H3,(H,31,34). The summed E-state index contributed by atoms with van der Waals surface area (Å²) in [6, 6.07) is 12.5. The maximum atomic E-state index is 12.8. The van der Waals surface area contributed by atoms with Gasteiger partial charge in [-0.3, -0.25) is 4.79 Å². The Kier molecular flexibility index (Phi) is 14.1. The van der Waals surface area contributed by atoms with Crippen molar-refractivity contribution < 1.29 is 24.5 Å². The molecule has 2 aromatic carbocycles. The van der Waals surface area contributed by atoms with E-state index in [1.54, 1.807) is 48.5 Å². The smallest absolute Gasteiger partial charge is 0.328 e. The molecule has 0 saturated carbocycles. The van der Waals surface area contributed by atoms with Crippen molar-refractivity contribution in [1.82, 2.24) is 5.32 Å². The average molecular weight is 498 g/mol. The van der Waals surface area contributed by atoms with Crippen LogP contribution in [0.25, 0.3) is 0 Å². The first-order chi connectivity index (χ1) is 17.5. The quantitative estimate of drug-likeness (QED) is 0.168. The minimum absolute atomic E-state index is 0.150. The molecule has 36 heavy (non-hydrogen) atoms. The third kappa shape index (κ3) is 12.6. The molecule has 0 aliphatic heterocycles. The number of aromatic hydroxyl groups is 2. The van der Waals surface area contributed by atoms with Crippen molar-refractivity contribution >= 4 is 11.9 Å². The van der Waals surface area contributed by atoms with Gasteiger partial charge in [-0.2, -0.15) is 0 Å². The van der Waals surface area contributed by atoms with Gasteiger partial charge in [-0.25, -0.2) is 4.79 Å². The maximum Gasteiger partial charge on any atom is 0.328 e. The number of nitrogens with one attached hydrogen (secondary N) is 1. The van der Waals surface area contributed by atoms with E-state index < -0.39 is 12.0 Å². The first-order valence-corrected chi connectivity index (χ1v) is 13.5. The van der Waals surface area contributed by atoms with Gasteiger partial charge in [0.15, 0.2) is 0 Å². The van der Waals surface area contributed by atoms with Gasteiger partial charge < -0.3 is 20.3 Å². The van der Waals surface area contributed by atoms with Gasteiger partial charge in [0.1, 0.15) is 17.5 Å². The van der Waals surface area contributed by atoms with E-state index in [1.165, 1.54) is 44.9 Å². The molecule has 0 aliphatic carbocycles. The van der Waals surface area contributed by atoms with Gasteiger partial charge in [0.2, 0.25) is 5.91 Å². The highest BCUT2D eigenvalue weighted by Crippen LogP contribution is 2.14. The number of hydrogen-bond acceptors (Lipinski definition) is 5. The van der Waals surface area contributed by atoms with Crippen molar-refractivity contribution in [3.05, 3.63) is 59.7 Å². The molecule has 0 fully saturated rings. The molecule has 6 nitrogen and oxygen atoms in total. The number of hydrogen-bond donors (Lipinski definition) is 3. The molecule has 0 aromatic heterocycles. The first-order valence-electron chi connectivity index (χ1n) is 13.5. The van der Waals surface area contributed by atoms with Gasteiger partial charge in [0, 0.05) is 12.8 Å². The molecular formula is C30H43NO5. The largest absolute Gasteiger partial charge is 0.508 e. The van der Waals surface area contributed by atoms with Gasteiger partial charge in [0.05, 0.1) is 6.61 Å². The average Bonchev–Trinajstić information content (AvgIpc) is 2.87. The predicted molar refractivity (Wildman–Crippen MR) is 143 cm³/mol. The van der Waals surface area contributed by atoms with Crippen LogP contribution in [0.15, 0.2) is 48.5 Å². The zero-order valence-electron chi connectivity index (χ0n) is 21.7. The van der Waals surface area contributed by atoms with E-state index in [-0.39, 0.29) is 23.8 Å². The number of phenolic OH excluding ortho intramolecular Hbond substituents is 2. The molecule has 0 aliphatic rings. The van der Waals surface area contributed by atoms with Crippen molar-refractivity contribution in [3.8, 4) is 11.5 Å². The molecule has 1 atom stereocenters. The molecule has 6 heteroatoms.